The summed E-state index contributed by atoms with van der Waals surface area (Å²) >= 11 is 5.58. The summed E-state index contributed by atoms with van der Waals surface area (Å²) in [6.07, 6.45) is -3.54. The number of nitrogens with zero attached hydrogens (tertiary/aromatic N) is 2. The van der Waals surface area contributed by atoms with Crippen LogP contribution in [0.15, 0.2) is 48.5 Å². The van der Waals surface area contributed by atoms with Crippen molar-refractivity contribution in [3.8, 4) is 0 Å². The lowest BCUT2D eigenvalue weighted by Crippen LogP contribution is -2.48. The molecule has 1 heterocycles. The summed E-state index contributed by atoms with van der Waals surface area (Å²) in [4.78, 5) is 40.6. The van der Waals surface area contributed by atoms with E-state index in [9.17, 15) is 27.6 Å². The second kappa shape index (κ2) is 9.60. The number of nitrogens with one attached hydrogen (secondary N) is 1. The Kier molecular flexibility index (Phi) is 7.08. The fraction of sp³-hybridized carbons (Fsp3) is 0.318. The zero-order valence-corrected chi connectivity index (χ0v) is 17.9. The minimum absolute atomic E-state index is 0.0886. The highest BCUT2D eigenvalue weighted by Crippen LogP contribution is 2.36. The number of benzene rings is 2. The Morgan fingerprint density at radius 3 is 2.50 bits per heavy atom. The lowest BCUT2D eigenvalue weighted by Gasteiger charge is -2.28. The SMILES string of the molecule is CN(CC(=O)Nc1ccc(Cl)c(C(F)(F)F)c1)C(=O)C1CCCN1C(=O)c1ccccc1. The second-order valence-electron chi connectivity index (χ2n) is 7.46. The standard InChI is InChI=1S/C22H21ClF3N3O3/c1-28(13-19(30)27-15-9-10-17(23)16(12-15)22(24,25)26)21(32)18-8-5-11-29(18)20(31)14-6-3-2-4-7-14/h2-4,6-7,9-10,12,18H,5,8,11,13H2,1H3,(H,27,30). The van der Waals surface area contributed by atoms with Crippen LogP contribution in [0.4, 0.5) is 18.9 Å². The maximum absolute atomic E-state index is 13.0. The van der Waals surface area contributed by atoms with Gasteiger partial charge in [0.2, 0.25) is 11.8 Å². The van der Waals surface area contributed by atoms with Crippen LogP contribution in [-0.2, 0) is 15.8 Å². The van der Waals surface area contributed by atoms with Gasteiger partial charge in [-0.3, -0.25) is 14.4 Å². The number of anilines is 1. The van der Waals surface area contributed by atoms with Crippen LogP contribution in [0, 0.1) is 0 Å². The van der Waals surface area contributed by atoms with Gasteiger partial charge in [0.1, 0.15) is 6.04 Å². The fourth-order valence-corrected chi connectivity index (χ4v) is 3.81. The monoisotopic (exact) mass is 467 g/mol. The minimum Gasteiger partial charge on any atom is -0.335 e. The molecular weight excluding hydrogens is 447 g/mol. The molecule has 0 bridgehead atoms. The molecule has 10 heteroatoms. The lowest BCUT2D eigenvalue weighted by atomic mass is 10.1. The first-order valence-electron chi connectivity index (χ1n) is 9.85. The van der Waals surface area contributed by atoms with E-state index in [1.807, 2.05) is 0 Å². The Hall–Kier alpha value is -3.07. The Morgan fingerprint density at radius 1 is 1.16 bits per heavy atom. The van der Waals surface area contributed by atoms with Gasteiger partial charge in [0.15, 0.2) is 0 Å². The van der Waals surface area contributed by atoms with Gasteiger partial charge in [-0.1, -0.05) is 29.8 Å². The van der Waals surface area contributed by atoms with E-state index < -0.39 is 34.6 Å². The summed E-state index contributed by atoms with van der Waals surface area (Å²) in [6.45, 7) is 0.0435. The van der Waals surface area contributed by atoms with Gasteiger partial charge in [0, 0.05) is 24.8 Å². The van der Waals surface area contributed by atoms with Crippen molar-refractivity contribution < 1.29 is 27.6 Å². The van der Waals surface area contributed by atoms with Gasteiger partial charge >= 0.3 is 6.18 Å². The Balaban J connectivity index is 1.64. The number of hydrogen-bond donors (Lipinski definition) is 1. The molecule has 1 saturated heterocycles. The summed E-state index contributed by atoms with van der Waals surface area (Å²) in [5.74, 6) is -1.34. The van der Waals surface area contributed by atoms with Crippen molar-refractivity contribution >= 4 is 35.0 Å². The molecule has 0 aliphatic carbocycles. The van der Waals surface area contributed by atoms with Crippen molar-refractivity contribution in [3.63, 3.8) is 0 Å². The summed E-state index contributed by atoms with van der Waals surface area (Å²) in [7, 11) is 1.41. The number of alkyl halides is 3. The second-order valence-corrected chi connectivity index (χ2v) is 7.86. The van der Waals surface area contributed by atoms with Crippen molar-refractivity contribution in [2.75, 3.05) is 25.5 Å². The van der Waals surface area contributed by atoms with Crippen molar-refractivity contribution in [2.24, 2.45) is 0 Å². The van der Waals surface area contributed by atoms with Crippen LogP contribution in [0.25, 0.3) is 0 Å². The molecule has 1 fully saturated rings. The molecule has 1 atom stereocenters. The van der Waals surface area contributed by atoms with Crippen molar-refractivity contribution in [3.05, 3.63) is 64.7 Å². The molecule has 0 aromatic heterocycles. The van der Waals surface area contributed by atoms with Crippen LogP contribution in [0.3, 0.4) is 0 Å². The van der Waals surface area contributed by atoms with Gasteiger partial charge in [-0.25, -0.2) is 0 Å². The average Bonchev–Trinajstić information content (AvgIpc) is 3.23. The first kappa shape index (κ1) is 23.6. The molecule has 1 aliphatic rings. The molecule has 0 saturated carbocycles. The van der Waals surface area contributed by atoms with Crippen LogP contribution >= 0.6 is 11.6 Å². The maximum Gasteiger partial charge on any atom is 0.417 e. The van der Waals surface area contributed by atoms with Crippen LogP contribution in [-0.4, -0.2) is 53.7 Å². The predicted octanol–water partition coefficient (Wildman–Crippen LogP) is 4.06. The first-order chi connectivity index (χ1) is 15.1. The smallest absolute Gasteiger partial charge is 0.335 e. The van der Waals surface area contributed by atoms with E-state index in [0.29, 0.717) is 24.9 Å². The minimum atomic E-state index is -4.66. The van der Waals surface area contributed by atoms with Crippen molar-refractivity contribution in [1.29, 1.82) is 0 Å². The number of halogens is 4. The van der Waals surface area contributed by atoms with Gasteiger partial charge < -0.3 is 15.1 Å². The van der Waals surface area contributed by atoms with Crippen LogP contribution in [0.1, 0.15) is 28.8 Å². The molecule has 1 aliphatic heterocycles. The van der Waals surface area contributed by atoms with Gasteiger partial charge in [0.25, 0.3) is 5.91 Å². The van der Waals surface area contributed by atoms with Gasteiger partial charge in [-0.2, -0.15) is 13.2 Å². The molecule has 3 amide bonds. The highest BCUT2D eigenvalue weighted by Gasteiger charge is 2.36. The Morgan fingerprint density at radius 2 is 1.84 bits per heavy atom. The molecule has 0 radical (unpaired) electrons. The third kappa shape index (κ3) is 5.40. The van der Waals surface area contributed by atoms with E-state index in [1.165, 1.54) is 18.0 Å². The van der Waals surface area contributed by atoms with Crippen LogP contribution in [0.2, 0.25) is 5.02 Å². The number of hydrogen-bond acceptors (Lipinski definition) is 3. The van der Waals surface area contributed by atoms with Crippen molar-refractivity contribution in [2.45, 2.75) is 25.1 Å². The molecule has 2 aromatic rings. The van der Waals surface area contributed by atoms with E-state index in [4.69, 9.17) is 11.6 Å². The van der Waals surface area contributed by atoms with Crippen LogP contribution < -0.4 is 5.32 Å². The van der Waals surface area contributed by atoms with Gasteiger partial charge in [0.05, 0.1) is 17.1 Å². The number of carbonyl (C=O) groups excluding carboxylic acids is 3. The molecule has 6 nitrogen and oxygen atoms in total. The highest BCUT2D eigenvalue weighted by molar-refractivity contribution is 6.31. The van der Waals surface area contributed by atoms with Gasteiger partial charge in [-0.15, -0.1) is 0 Å². The summed E-state index contributed by atoms with van der Waals surface area (Å²) < 4.78 is 39.0. The normalized spacial score (nSPS) is 16.0. The van der Waals surface area contributed by atoms with Gasteiger partial charge in [-0.05, 0) is 43.2 Å². The Labute approximate surface area is 187 Å². The van der Waals surface area contributed by atoms with E-state index >= 15 is 0 Å². The fourth-order valence-electron chi connectivity index (χ4n) is 3.58. The van der Waals surface area contributed by atoms with E-state index in [-0.39, 0.29) is 18.1 Å². The highest BCUT2D eigenvalue weighted by atomic mass is 35.5. The molecule has 32 heavy (non-hydrogen) atoms. The maximum atomic E-state index is 13.0. The third-order valence-corrected chi connectivity index (χ3v) is 5.46. The number of carbonyl (C=O) groups is 3. The summed E-state index contributed by atoms with van der Waals surface area (Å²) in [5, 5.41) is 1.87. The number of likely N-dealkylation sites (tertiary alicyclic amines) is 1. The number of rotatable bonds is 5. The average molecular weight is 468 g/mol. The molecule has 0 spiro atoms. The van der Waals surface area contributed by atoms with E-state index in [0.717, 1.165) is 17.0 Å². The summed E-state index contributed by atoms with van der Waals surface area (Å²) in [5.41, 5.74) is -0.687. The number of amides is 3. The van der Waals surface area contributed by atoms with Crippen molar-refractivity contribution in [1.82, 2.24) is 9.80 Å². The molecular formula is C22H21ClF3N3O3. The van der Waals surface area contributed by atoms with E-state index in [1.54, 1.807) is 30.3 Å². The summed E-state index contributed by atoms with van der Waals surface area (Å²) in [6, 6.07) is 10.9. The zero-order chi connectivity index (χ0) is 23.5. The quantitative estimate of drug-likeness (QED) is 0.721. The molecule has 2 aromatic carbocycles. The third-order valence-electron chi connectivity index (χ3n) is 5.13. The zero-order valence-electron chi connectivity index (χ0n) is 17.2. The lowest BCUT2D eigenvalue weighted by molar-refractivity contribution is -0.137. The Bertz CT molecular complexity index is 1010. The predicted molar refractivity (Wildman–Crippen MR) is 113 cm³/mol. The van der Waals surface area contributed by atoms with Crippen LogP contribution in [0.5, 0.6) is 0 Å². The molecule has 3 rings (SSSR count). The molecule has 1 N–H and O–H groups in total. The molecule has 1 unspecified atom stereocenters. The topological polar surface area (TPSA) is 69.7 Å². The first-order valence-corrected chi connectivity index (χ1v) is 10.2. The van der Waals surface area contributed by atoms with E-state index in [2.05, 4.69) is 5.32 Å². The number of likely N-dealkylation sites (N-methyl/N-ethyl adjacent to an activating group) is 1. The largest absolute Gasteiger partial charge is 0.417 e. The molecule has 170 valence electrons.